The van der Waals surface area contributed by atoms with Gasteiger partial charge in [-0.1, -0.05) is 67.6 Å². The third-order valence-electron chi connectivity index (χ3n) is 3.55. The Hall–Kier alpha value is -2.62. The fraction of sp³-hybridized carbons (Fsp3) is 0.222. The molecule has 2 aromatic carbocycles. The number of hydrogen-bond acceptors (Lipinski definition) is 2. The number of carboxylic acid groups (broad SMARTS) is 1. The summed E-state index contributed by atoms with van der Waals surface area (Å²) in [6, 6.07) is 17.9. The average Bonchev–Trinajstić information content (AvgIpc) is 2.54. The molecule has 1 atom stereocenters. The summed E-state index contributed by atoms with van der Waals surface area (Å²) in [7, 11) is 0. The van der Waals surface area contributed by atoms with Gasteiger partial charge >= 0.3 is 5.97 Å². The van der Waals surface area contributed by atoms with Gasteiger partial charge in [-0.2, -0.15) is 0 Å². The van der Waals surface area contributed by atoms with E-state index < -0.39 is 17.9 Å². The second-order valence-corrected chi connectivity index (χ2v) is 5.06. The molecule has 2 aromatic rings. The zero-order valence-electron chi connectivity index (χ0n) is 12.4. The lowest BCUT2D eigenvalue weighted by atomic mass is 9.90. The van der Waals surface area contributed by atoms with Crippen LogP contribution in [0.2, 0.25) is 0 Å². The molecule has 0 saturated heterocycles. The van der Waals surface area contributed by atoms with E-state index in [0.717, 1.165) is 11.1 Å². The standard InChI is InChI=1S/C18H19NO3/c1-2-15(18(21)22)19-17(20)16(13-9-5-3-6-10-13)14-11-7-4-8-12-14/h3-12,15-16H,2H2,1H3,(H,19,20)(H,21,22)/t15-/m0/s1. The van der Waals surface area contributed by atoms with E-state index in [1.807, 2.05) is 60.7 Å². The number of nitrogens with one attached hydrogen (secondary N) is 1. The molecule has 0 aliphatic carbocycles. The Morgan fingerprint density at radius 1 is 0.955 bits per heavy atom. The molecule has 0 bridgehead atoms. The monoisotopic (exact) mass is 297 g/mol. The number of amides is 1. The van der Waals surface area contributed by atoms with Crippen LogP contribution in [-0.2, 0) is 9.59 Å². The van der Waals surface area contributed by atoms with Gasteiger partial charge in [0.25, 0.3) is 0 Å². The highest BCUT2D eigenvalue weighted by molar-refractivity contribution is 5.90. The van der Waals surface area contributed by atoms with Gasteiger partial charge in [0, 0.05) is 0 Å². The van der Waals surface area contributed by atoms with Gasteiger partial charge in [0.2, 0.25) is 5.91 Å². The van der Waals surface area contributed by atoms with Crippen LogP contribution in [0.25, 0.3) is 0 Å². The molecule has 0 saturated carbocycles. The normalized spacial score (nSPS) is 11.9. The molecule has 0 aliphatic heterocycles. The number of carbonyl (C=O) groups is 2. The Bertz CT molecular complexity index is 586. The van der Waals surface area contributed by atoms with E-state index in [-0.39, 0.29) is 5.91 Å². The van der Waals surface area contributed by atoms with Gasteiger partial charge in [-0.15, -0.1) is 0 Å². The summed E-state index contributed by atoms with van der Waals surface area (Å²) >= 11 is 0. The molecule has 114 valence electrons. The molecule has 4 heteroatoms. The second kappa shape index (κ2) is 7.41. The lowest BCUT2D eigenvalue weighted by molar-refractivity contribution is -0.142. The molecule has 2 rings (SSSR count). The van der Waals surface area contributed by atoms with E-state index in [1.54, 1.807) is 6.92 Å². The van der Waals surface area contributed by atoms with Crippen LogP contribution in [0.3, 0.4) is 0 Å². The van der Waals surface area contributed by atoms with Crippen LogP contribution in [0.15, 0.2) is 60.7 Å². The van der Waals surface area contributed by atoms with Crippen molar-refractivity contribution >= 4 is 11.9 Å². The van der Waals surface area contributed by atoms with Crippen molar-refractivity contribution in [3.63, 3.8) is 0 Å². The third-order valence-corrected chi connectivity index (χ3v) is 3.55. The Kier molecular flexibility index (Phi) is 5.31. The minimum absolute atomic E-state index is 0.299. The van der Waals surface area contributed by atoms with Crippen LogP contribution in [0.1, 0.15) is 30.4 Å². The van der Waals surface area contributed by atoms with Crippen molar-refractivity contribution in [1.82, 2.24) is 5.32 Å². The minimum atomic E-state index is -1.02. The van der Waals surface area contributed by atoms with Crippen molar-refractivity contribution < 1.29 is 14.7 Å². The molecule has 0 spiro atoms. The average molecular weight is 297 g/mol. The van der Waals surface area contributed by atoms with Gasteiger partial charge in [0.05, 0.1) is 5.92 Å². The molecule has 22 heavy (non-hydrogen) atoms. The molecular weight excluding hydrogens is 278 g/mol. The number of hydrogen-bond donors (Lipinski definition) is 2. The molecular formula is C18H19NO3. The van der Waals surface area contributed by atoms with E-state index in [9.17, 15) is 9.59 Å². The van der Waals surface area contributed by atoms with Crippen molar-refractivity contribution in [3.8, 4) is 0 Å². The van der Waals surface area contributed by atoms with Gasteiger partial charge in [0.1, 0.15) is 6.04 Å². The van der Waals surface area contributed by atoms with Gasteiger partial charge in [0.15, 0.2) is 0 Å². The van der Waals surface area contributed by atoms with Crippen molar-refractivity contribution in [2.24, 2.45) is 0 Å². The molecule has 0 aromatic heterocycles. The van der Waals surface area contributed by atoms with Gasteiger partial charge in [-0.25, -0.2) is 4.79 Å². The third kappa shape index (κ3) is 3.73. The second-order valence-electron chi connectivity index (χ2n) is 5.06. The summed E-state index contributed by atoms with van der Waals surface area (Å²) in [5.74, 6) is -1.84. The van der Waals surface area contributed by atoms with E-state index in [1.165, 1.54) is 0 Å². The van der Waals surface area contributed by atoms with Crippen LogP contribution < -0.4 is 5.32 Å². The molecule has 1 amide bonds. The molecule has 4 nitrogen and oxygen atoms in total. The van der Waals surface area contributed by atoms with E-state index in [0.29, 0.717) is 6.42 Å². The highest BCUT2D eigenvalue weighted by atomic mass is 16.4. The maximum absolute atomic E-state index is 12.6. The van der Waals surface area contributed by atoms with Crippen molar-refractivity contribution in [2.75, 3.05) is 0 Å². The number of carboxylic acids is 1. The lowest BCUT2D eigenvalue weighted by Crippen LogP contribution is -2.42. The number of benzene rings is 2. The molecule has 0 radical (unpaired) electrons. The first-order valence-corrected chi connectivity index (χ1v) is 7.26. The smallest absolute Gasteiger partial charge is 0.326 e. The predicted molar refractivity (Wildman–Crippen MR) is 84.6 cm³/mol. The summed E-state index contributed by atoms with van der Waals surface area (Å²) in [5.41, 5.74) is 1.68. The summed E-state index contributed by atoms with van der Waals surface area (Å²) in [6.07, 6.45) is 0.345. The highest BCUT2D eigenvalue weighted by Crippen LogP contribution is 2.24. The summed E-state index contributed by atoms with van der Waals surface area (Å²) in [6.45, 7) is 1.74. The quantitative estimate of drug-likeness (QED) is 0.861. The Labute approximate surface area is 129 Å². The van der Waals surface area contributed by atoms with Crippen molar-refractivity contribution in [3.05, 3.63) is 71.8 Å². The van der Waals surface area contributed by atoms with Gasteiger partial charge < -0.3 is 10.4 Å². The SMILES string of the molecule is CC[C@H](NC(=O)C(c1ccccc1)c1ccccc1)C(=O)O. The number of carbonyl (C=O) groups excluding carboxylic acids is 1. The van der Waals surface area contributed by atoms with E-state index in [4.69, 9.17) is 5.11 Å². The minimum Gasteiger partial charge on any atom is -0.480 e. The molecule has 0 fully saturated rings. The maximum Gasteiger partial charge on any atom is 0.326 e. The fourth-order valence-electron chi connectivity index (χ4n) is 2.38. The van der Waals surface area contributed by atoms with E-state index >= 15 is 0 Å². The number of rotatable bonds is 6. The first-order chi connectivity index (χ1) is 10.6. The summed E-state index contributed by atoms with van der Waals surface area (Å²) in [5, 5.41) is 11.8. The van der Waals surface area contributed by atoms with Crippen LogP contribution in [0.5, 0.6) is 0 Å². The van der Waals surface area contributed by atoms with Crippen LogP contribution in [0, 0.1) is 0 Å². The largest absolute Gasteiger partial charge is 0.480 e. The molecule has 0 heterocycles. The lowest BCUT2D eigenvalue weighted by Gasteiger charge is -2.20. The zero-order chi connectivity index (χ0) is 15.9. The van der Waals surface area contributed by atoms with Crippen LogP contribution >= 0.6 is 0 Å². The summed E-state index contributed by atoms with van der Waals surface area (Å²) in [4.78, 5) is 23.8. The molecule has 0 aliphatic rings. The molecule has 2 N–H and O–H groups in total. The fourth-order valence-corrected chi connectivity index (χ4v) is 2.38. The number of aliphatic carboxylic acids is 1. The predicted octanol–water partition coefficient (Wildman–Crippen LogP) is 2.80. The summed E-state index contributed by atoms with van der Waals surface area (Å²) < 4.78 is 0. The zero-order valence-corrected chi connectivity index (χ0v) is 12.4. The topological polar surface area (TPSA) is 66.4 Å². The van der Waals surface area contributed by atoms with Gasteiger partial charge in [-0.3, -0.25) is 4.79 Å². The van der Waals surface area contributed by atoms with Crippen molar-refractivity contribution in [2.45, 2.75) is 25.3 Å². The molecule has 0 unspecified atom stereocenters. The van der Waals surface area contributed by atoms with Gasteiger partial charge in [-0.05, 0) is 17.5 Å². The Morgan fingerprint density at radius 2 is 1.41 bits per heavy atom. The Balaban J connectivity index is 2.33. The van der Waals surface area contributed by atoms with Crippen LogP contribution in [0.4, 0.5) is 0 Å². The van der Waals surface area contributed by atoms with Crippen molar-refractivity contribution in [1.29, 1.82) is 0 Å². The first kappa shape index (κ1) is 15.8. The Morgan fingerprint density at radius 3 is 1.77 bits per heavy atom. The first-order valence-electron chi connectivity index (χ1n) is 7.26. The highest BCUT2D eigenvalue weighted by Gasteiger charge is 2.26. The van der Waals surface area contributed by atoms with Crippen LogP contribution in [-0.4, -0.2) is 23.0 Å². The van der Waals surface area contributed by atoms with E-state index in [2.05, 4.69) is 5.32 Å². The maximum atomic E-state index is 12.6.